The molecule has 2 heterocycles. The molecule has 1 aliphatic rings. The molecule has 1 aliphatic heterocycles. The second kappa shape index (κ2) is 6.29. The van der Waals surface area contributed by atoms with Gasteiger partial charge < -0.3 is 4.90 Å². The van der Waals surface area contributed by atoms with Gasteiger partial charge in [-0.25, -0.2) is 13.4 Å². The van der Waals surface area contributed by atoms with Crippen LogP contribution in [-0.4, -0.2) is 43.9 Å². The van der Waals surface area contributed by atoms with Gasteiger partial charge in [-0.2, -0.15) is 4.31 Å². The highest BCUT2D eigenvalue weighted by Gasteiger charge is 2.28. The largest absolute Gasteiger partial charge is 0.354 e. The maximum atomic E-state index is 12.7. The van der Waals surface area contributed by atoms with Gasteiger partial charge in [-0.1, -0.05) is 23.8 Å². The third-order valence-electron chi connectivity index (χ3n) is 4.10. The molecule has 1 saturated heterocycles. The van der Waals surface area contributed by atoms with E-state index in [-0.39, 0.29) is 0 Å². The summed E-state index contributed by atoms with van der Waals surface area (Å²) in [7, 11) is -3.41. The molecule has 0 amide bonds. The van der Waals surface area contributed by atoms with Crippen molar-refractivity contribution in [3.05, 3.63) is 53.7 Å². The summed E-state index contributed by atoms with van der Waals surface area (Å²) >= 11 is 0. The van der Waals surface area contributed by atoms with E-state index in [9.17, 15) is 8.42 Å². The topological polar surface area (TPSA) is 53.5 Å². The third kappa shape index (κ3) is 3.38. The fourth-order valence-corrected chi connectivity index (χ4v) is 4.14. The van der Waals surface area contributed by atoms with E-state index in [1.54, 1.807) is 16.4 Å². The Morgan fingerprint density at radius 2 is 1.57 bits per heavy atom. The van der Waals surface area contributed by atoms with Crippen LogP contribution in [0.15, 0.2) is 47.4 Å². The molecule has 0 aliphatic carbocycles. The summed E-state index contributed by atoms with van der Waals surface area (Å²) in [6.07, 6.45) is 0. The molecule has 122 valence electrons. The zero-order valence-corrected chi connectivity index (χ0v) is 14.3. The number of aromatic nitrogens is 1. The number of benzene rings is 1. The van der Waals surface area contributed by atoms with E-state index < -0.39 is 10.0 Å². The molecule has 1 fully saturated rings. The second-order valence-corrected chi connectivity index (χ2v) is 7.78. The molecule has 0 saturated carbocycles. The number of hydrogen-bond acceptors (Lipinski definition) is 4. The minimum Gasteiger partial charge on any atom is -0.354 e. The molecule has 0 atom stereocenters. The Bertz CT molecular complexity index is 780. The van der Waals surface area contributed by atoms with Crippen molar-refractivity contribution in [1.29, 1.82) is 0 Å². The lowest BCUT2D eigenvalue weighted by atomic mass is 10.2. The molecule has 3 rings (SSSR count). The minimum absolute atomic E-state index is 0.366. The highest BCUT2D eigenvalue weighted by molar-refractivity contribution is 7.89. The van der Waals surface area contributed by atoms with Crippen LogP contribution in [0.1, 0.15) is 11.3 Å². The van der Waals surface area contributed by atoms with Gasteiger partial charge in [0.1, 0.15) is 5.82 Å². The Balaban J connectivity index is 1.72. The average molecular weight is 331 g/mol. The molecule has 0 N–H and O–H groups in total. The van der Waals surface area contributed by atoms with Crippen LogP contribution in [0.5, 0.6) is 0 Å². The second-order valence-electron chi connectivity index (χ2n) is 5.84. The highest BCUT2D eigenvalue weighted by atomic mass is 32.2. The van der Waals surface area contributed by atoms with Crippen LogP contribution in [0.2, 0.25) is 0 Å². The Hall–Kier alpha value is -1.92. The number of sulfonamides is 1. The number of nitrogens with zero attached hydrogens (tertiary/aromatic N) is 3. The number of pyridine rings is 1. The zero-order chi connectivity index (χ0) is 16.4. The molecule has 0 bridgehead atoms. The normalized spacial score (nSPS) is 16.5. The summed E-state index contributed by atoms with van der Waals surface area (Å²) in [4.78, 5) is 7.01. The molecule has 6 heteroatoms. The fourth-order valence-electron chi connectivity index (χ4n) is 2.72. The van der Waals surface area contributed by atoms with Gasteiger partial charge in [0, 0.05) is 31.9 Å². The predicted molar refractivity (Wildman–Crippen MR) is 91.1 cm³/mol. The van der Waals surface area contributed by atoms with E-state index in [4.69, 9.17) is 0 Å². The van der Waals surface area contributed by atoms with E-state index in [1.807, 2.05) is 44.2 Å². The average Bonchev–Trinajstić information content (AvgIpc) is 2.55. The first-order valence-corrected chi connectivity index (χ1v) is 9.16. The Morgan fingerprint density at radius 1 is 0.913 bits per heavy atom. The van der Waals surface area contributed by atoms with E-state index in [1.165, 1.54) is 0 Å². The van der Waals surface area contributed by atoms with Crippen molar-refractivity contribution in [2.45, 2.75) is 18.7 Å². The van der Waals surface area contributed by atoms with Crippen LogP contribution < -0.4 is 4.90 Å². The van der Waals surface area contributed by atoms with Crippen LogP contribution in [-0.2, 0) is 10.0 Å². The number of rotatable bonds is 3. The smallest absolute Gasteiger partial charge is 0.243 e. The number of piperazine rings is 1. The van der Waals surface area contributed by atoms with E-state index in [0.29, 0.717) is 31.1 Å². The predicted octanol–water partition coefficient (Wildman–Crippen LogP) is 2.21. The first kappa shape index (κ1) is 16.0. The zero-order valence-electron chi connectivity index (χ0n) is 13.4. The molecular weight excluding hydrogens is 310 g/mol. The van der Waals surface area contributed by atoms with Gasteiger partial charge in [0.15, 0.2) is 0 Å². The van der Waals surface area contributed by atoms with Gasteiger partial charge >= 0.3 is 0 Å². The molecule has 0 spiro atoms. The summed E-state index contributed by atoms with van der Waals surface area (Å²) in [5.74, 6) is 0.914. The molecule has 0 radical (unpaired) electrons. The first-order chi connectivity index (χ1) is 11.0. The summed E-state index contributed by atoms with van der Waals surface area (Å²) in [5.41, 5.74) is 2.02. The SMILES string of the molecule is Cc1ccc(S(=O)(=O)N2CCN(c3cccc(C)n3)CC2)cc1. The molecule has 0 unspecified atom stereocenters. The molecule has 1 aromatic carbocycles. The lowest BCUT2D eigenvalue weighted by molar-refractivity contribution is 0.384. The fraction of sp³-hybridized carbons (Fsp3) is 0.353. The Kier molecular flexibility index (Phi) is 4.37. The van der Waals surface area contributed by atoms with Crippen molar-refractivity contribution < 1.29 is 8.42 Å². The quantitative estimate of drug-likeness (QED) is 0.865. The van der Waals surface area contributed by atoms with Crippen molar-refractivity contribution in [1.82, 2.24) is 9.29 Å². The standard InChI is InChI=1S/C17H21N3O2S/c1-14-6-8-16(9-7-14)23(21,22)20-12-10-19(11-13-20)17-5-3-4-15(2)18-17/h3-9H,10-13H2,1-2H3. The van der Waals surface area contributed by atoms with Crippen LogP contribution in [0.4, 0.5) is 5.82 Å². The van der Waals surface area contributed by atoms with Gasteiger partial charge in [0.25, 0.3) is 0 Å². The molecule has 1 aromatic heterocycles. The highest BCUT2D eigenvalue weighted by Crippen LogP contribution is 2.20. The van der Waals surface area contributed by atoms with Gasteiger partial charge in [-0.05, 0) is 38.1 Å². The maximum absolute atomic E-state index is 12.7. The van der Waals surface area contributed by atoms with Crippen molar-refractivity contribution in [3.63, 3.8) is 0 Å². The lowest BCUT2D eigenvalue weighted by Crippen LogP contribution is -2.48. The van der Waals surface area contributed by atoms with Gasteiger partial charge in [-0.3, -0.25) is 0 Å². The summed E-state index contributed by atoms with van der Waals surface area (Å²) in [6, 6.07) is 12.9. The minimum atomic E-state index is -3.41. The van der Waals surface area contributed by atoms with Crippen LogP contribution >= 0.6 is 0 Å². The van der Waals surface area contributed by atoms with Gasteiger partial charge in [0.2, 0.25) is 10.0 Å². The van der Waals surface area contributed by atoms with Crippen molar-refractivity contribution in [3.8, 4) is 0 Å². The Morgan fingerprint density at radius 3 is 2.17 bits per heavy atom. The summed E-state index contributed by atoms with van der Waals surface area (Å²) < 4.78 is 26.9. The molecule has 5 nitrogen and oxygen atoms in total. The van der Waals surface area contributed by atoms with E-state index >= 15 is 0 Å². The maximum Gasteiger partial charge on any atom is 0.243 e. The van der Waals surface area contributed by atoms with E-state index in [0.717, 1.165) is 17.1 Å². The third-order valence-corrected chi connectivity index (χ3v) is 6.01. The van der Waals surface area contributed by atoms with Crippen molar-refractivity contribution >= 4 is 15.8 Å². The van der Waals surface area contributed by atoms with E-state index in [2.05, 4.69) is 9.88 Å². The molecular formula is C17H21N3O2S. The van der Waals surface area contributed by atoms with Crippen molar-refractivity contribution in [2.24, 2.45) is 0 Å². The number of hydrogen-bond donors (Lipinski definition) is 0. The van der Waals surface area contributed by atoms with Crippen LogP contribution in [0, 0.1) is 13.8 Å². The van der Waals surface area contributed by atoms with Crippen LogP contribution in [0.25, 0.3) is 0 Å². The first-order valence-electron chi connectivity index (χ1n) is 7.72. The lowest BCUT2D eigenvalue weighted by Gasteiger charge is -2.34. The number of aryl methyl sites for hydroxylation is 2. The monoisotopic (exact) mass is 331 g/mol. The summed E-state index contributed by atoms with van der Waals surface area (Å²) in [6.45, 7) is 6.17. The van der Waals surface area contributed by atoms with Crippen LogP contribution in [0.3, 0.4) is 0 Å². The molecule has 23 heavy (non-hydrogen) atoms. The van der Waals surface area contributed by atoms with Gasteiger partial charge in [0.05, 0.1) is 4.90 Å². The van der Waals surface area contributed by atoms with Gasteiger partial charge in [-0.15, -0.1) is 0 Å². The van der Waals surface area contributed by atoms with Crippen molar-refractivity contribution in [2.75, 3.05) is 31.1 Å². The molecule has 2 aromatic rings. The Labute approximate surface area is 137 Å². The number of anilines is 1. The summed E-state index contributed by atoms with van der Waals surface area (Å²) in [5, 5.41) is 0.